The van der Waals surface area contributed by atoms with Gasteiger partial charge in [0.05, 0.1) is 0 Å². The molecule has 2 aromatic heterocycles. The molecule has 36 heavy (non-hydrogen) atoms. The number of piperazine rings is 1. The average molecular weight is 497 g/mol. The van der Waals surface area contributed by atoms with Gasteiger partial charge in [-0.1, -0.05) is 6.07 Å². The van der Waals surface area contributed by atoms with Crippen LogP contribution in [-0.2, 0) is 6.42 Å². The van der Waals surface area contributed by atoms with E-state index >= 15 is 0 Å². The molecule has 190 valence electrons. The number of carbonyl (C=O) groups is 1. The van der Waals surface area contributed by atoms with Gasteiger partial charge in [-0.3, -0.25) is 9.89 Å². The predicted molar refractivity (Wildman–Crippen MR) is 132 cm³/mol. The Kier molecular flexibility index (Phi) is 6.82. The number of hydrogen-bond donors (Lipinski definition) is 2. The molecule has 5 rings (SSSR count). The Morgan fingerprint density at radius 3 is 2.53 bits per heavy atom. The zero-order valence-electron chi connectivity index (χ0n) is 20.5. The average Bonchev–Trinajstić information content (AvgIpc) is 3.48. The highest BCUT2D eigenvalue weighted by Crippen LogP contribution is 2.26. The van der Waals surface area contributed by atoms with Crippen molar-refractivity contribution >= 4 is 23.4 Å². The number of likely N-dealkylation sites (tertiary alicyclic amines) is 1. The Morgan fingerprint density at radius 1 is 1.08 bits per heavy atom. The molecule has 0 radical (unpaired) electrons. The van der Waals surface area contributed by atoms with Crippen molar-refractivity contribution in [1.82, 2.24) is 30.0 Å². The van der Waals surface area contributed by atoms with Crippen molar-refractivity contribution in [2.24, 2.45) is 5.92 Å². The van der Waals surface area contributed by atoms with Crippen molar-refractivity contribution in [3.8, 4) is 0 Å². The van der Waals surface area contributed by atoms with E-state index in [0.29, 0.717) is 43.4 Å². The molecule has 9 nitrogen and oxygen atoms in total. The van der Waals surface area contributed by atoms with Crippen molar-refractivity contribution in [3.05, 3.63) is 59.0 Å². The van der Waals surface area contributed by atoms with Gasteiger partial charge in [0.2, 0.25) is 0 Å². The van der Waals surface area contributed by atoms with Gasteiger partial charge < -0.3 is 20.0 Å². The highest BCUT2D eigenvalue weighted by Gasteiger charge is 2.31. The lowest BCUT2D eigenvalue weighted by atomic mass is 10.0. The third-order valence-corrected chi connectivity index (χ3v) is 6.77. The number of aryl methyl sites for hydroxylation is 1. The van der Waals surface area contributed by atoms with Crippen LogP contribution in [0.2, 0.25) is 0 Å². The van der Waals surface area contributed by atoms with E-state index in [1.807, 2.05) is 19.1 Å². The van der Waals surface area contributed by atoms with Gasteiger partial charge >= 0.3 is 0 Å². The summed E-state index contributed by atoms with van der Waals surface area (Å²) in [4.78, 5) is 28.4. The van der Waals surface area contributed by atoms with Gasteiger partial charge in [-0.05, 0) is 38.4 Å². The van der Waals surface area contributed by atoms with Gasteiger partial charge in [0.15, 0.2) is 5.82 Å². The van der Waals surface area contributed by atoms with Crippen LogP contribution in [0.5, 0.6) is 0 Å². The topological polar surface area (TPSA) is 93.3 Å². The summed E-state index contributed by atoms with van der Waals surface area (Å²) < 4.78 is 28.3. The quantitative estimate of drug-likeness (QED) is 0.542. The van der Waals surface area contributed by atoms with E-state index in [1.165, 1.54) is 11.0 Å². The van der Waals surface area contributed by atoms with Gasteiger partial charge in [-0.25, -0.2) is 18.7 Å². The molecule has 2 fully saturated rings. The fourth-order valence-corrected chi connectivity index (χ4v) is 4.75. The number of H-pyrrole nitrogens is 1. The third kappa shape index (κ3) is 5.30. The third-order valence-electron chi connectivity index (χ3n) is 6.77. The Bertz CT molecular complexity index is 1220. The normalized spacial score (nSPS) is 18.6. The summed E-state index contributed by atoms with van der Waals surface area (Å²) in [6, 6.07) is 7.31. The molecule has 0 saturated carbocycles. The van der Waals surface area contributed by atoms with Crippen LogP contribution < -0.4 is 10.2 Å². The molecule has 1 aromatic carbocycles. The summed E-state index contributed by atoms with van der Waals surface area (Å²) in [5.74, 6) is 0.640. The van der Waals surface area contributed by atoms with Crippen molar-refractivity contribution in [3.63, 3.8) is 0 Å². The first-order chi connectivity index (χ1) is 17.4. The van der Waals surface area contributed by atoms with Gasteiger partial charge in [0.25, 0.3) is 5.91 Å². The Morgan fingerprint density at radius 2 is 1.83 bits per heavy atom. The van der Waals surface area contributed by atoms with Crippen LogP contribution in [0.1, 0.15) is 28.3 Å². The zero-order chi connectivity index (χ0) is 25.2. The molecule has 3 aromatic rings. The number of hydrogen-bond acceptors (Lipinski definition) is 7. The lowest BCUT2D eigenvalue weighted by Crippen LogP contribution is -2.45. The minimum Gasteiger partial charge on any atom is -0.354 e. The number of nitrogens with zero attached hydrogens (tertiary/aromatic N) is 6. The Labute approximate surface area is 208 Å². The molecule has 4 heterocycles. The molecule has 0 aliphatic carbocycles. The number of nitrogens with one attached hydrogen (secondary N) is 2. The van der Waals surface area contributed by atoms with Gasteiger partial charge in [-0.2, -0.15) is 5.10 Å². The van der Waals surface area contributed by atoms with E-state index in [9.17, 15) is 13.6 Å². The number of rotatable bonds is 6. The van der Waals surface area contributed by atoms with Gasteiger partial charge in [-0.15, -0.1) is 0 Å². The molecule has 2 aliphatic heterocycles. The molecule has 0 bridgehead atoms. The van der Waals surface area contributed by atoms with Crippen LogP contribution in [0.4, 0.5) is 26.2 Å². The van der Waals surface area contributed by atoms with Crippen molar-refractivity contribution in [1.29, 1.82) is 0 Å². The summed E-state index contributed by atoms with van der Waals surface area (Å²) in [6.07, 6.45) is 1.27. The zero-order valence-corrected chi connectivity index (χ0v) is 20.5. The minimum atomic E-state index is -0.837. The highest BCUT2D eigenvalue weighted by atomic mass is 19.1. The van der Waals surface area contributed by atoms with Gasteiger partial charge in [0, 0.05) is 63.5 Å². The largest absolute Gasteiger partial charge is 0.354 e. The van der Waals surface area contributed by atoms with Crippen molar-refractivity contribution in [2.45, 2.75) is 19.8 Å². The van der Waals surface area contributed by atoms with E-state index in [0.717, 1.165) is 49.8 Å². The molecule has 2 N–H and O–H groups in total. The Balaban J connectivity index is 1.33. The molecule has 0 spiro atoms. The molecule has 0 unspecified atom stereocenters. The number of likely N-dealkylation sites (N-methyl/N-ethyl adjacent to an activating group) is 1. The fourth-order valence-electron chi connectivity index (χ4n) is 4.75. The summed E-state index contributed by atoms with van der Waals surface area (Å²) in [7, 11) is 2.11. The highest BCUT2D eigenvalue weighted by molar-refractivity contribution is 5.95. The number of benzene rings is 1. The molecule has 2 aliphatic rings. The van der Waals surface area contributed by atoms with Crippen molar-refractivity contribution < 1.29 is 13.6 Å². The summed E-state index contributed by atoms with van der Waals surface area (Å²) in [5, 5.41) is 10.4. The maximum Gasteiger partial charge on any atom is 0.259 e. The van der Waals surface area contributed by atoms with Gasteiger partial charge in [0.1, 0.15) is 34.7 Å². The lowest BCUT2D eigenvalue weighted by molar-refractivity contribution is 0.0777. The number of aromatic amines is 1. The van der Waals surface area contributed by atoms with Crippen LogP contribution >= 0.6 is 0 Å². The van der Waals surface area contributed by atoms with Crippen LogP contribution in [0.25, 0.3) is 0 Å². The maximum absolute atomic E-state index is 14.1. The smallest absolute Gasteiger partial charge is 0.259 e. The number of anilines is 3. The number of aromatic nitrogens is 4. The Hall–Kier alpha value is -3.60. The molecular formula is C25H30F2N8O. The van der Waals surface area contributed by atoms with Crippen LogP contribution in [0.15, 0.2) is 30.3 Å². The molecular weight excluding hydrogens is 466 g/mol. The summed E-state index contributed by atoms with van der Waals surface area (Å²) in [5.41, 5.74) is 0.445. The lowest BCUT2D eigenvalue weighted by Gasteiger charge is -2.33. The molecule has 11 heteroatoms. The second kappa shape index (κ2) is 10.2. The SMILES string of the molecule is Cc1cc(Nc2cc(N3CCN(C)CC3)nc(C[C@H]3CCN(C(=O)c4c(F)cccc4F)C3)n2)n[nH]1. The second-order valence-electron chi connectivity index (χ2n) is 9.59. The molecule has 1 amide bonds. The number of halogens is 2. The van der Waals surface area contributed by atoms with Crippen LogP contribution in [0, 0.1) is 24.5 Å². The van der Waals surface area contributed by atoms with Crippen LogP contribution in [-0.4, -0.2) is 82.2 Å². The van der Waals surface area contributed by atoms with E-state index in [1.54, 1.807) is 0 Å². The van der Waals surface area contributed by atoms with E-state index in [2.05, 4.69) is 32.4 Å². The second-order valence-corrected chi connectivity index (χ2v) is 9.59. The summed E-state index contributed by atoms with van der Waals surface area (Å²) in [6.45, 7) is 6.41. The van der Waals surface area contributed by atoms with E-state index in [4.69, 9.17) is 9.97 Å². The van der Waals surface area contributed by atoms with E-state index < -0.39 is 23.1 Å². The molecule has 2 saturated heterocycles. The molecule has 1 atom stereocenters. The van der Waals surface area contributed by atoms with Crippen molar-refractivity contribution in [2.75, 3.05) is 56.5 Å². The number of carbonyl (C=O) groups excluding carboxylic acids is 1. The predicted octanol–water partition coefficient (Wildman–Crippen LogP) is 2.99. The first-order valence-corrected chi connectivity index (χ1v) is 12.2. The first-order valence-electron chi connectivity index (χ1n) is 12.2. The maximum atomic E-state index is 14.1. The minimum absolute atomic E-state index is 0.0898. The van der Waals surface area contributed by atoms with E-state index in [-0.39, 0.29) is 5.92 Å². The first kappa shape index (κ1) is 24.1. The van der Waals surface area contributed by atoms with Crippen LogP contribution in [0.3, 0.4) is 0 Å². The fraction of sp³-hybridized carbons (Fsp3) is 0.440. The summed E-state index contributed by atoms with van der Waals surface area (Å²) >= 11 is 0. The monoisotopic (exact) mass is 496 g/mol. The number of amides is 1. The standard InChI is InChI=1S/C25H30F2N8O/c1-16-12-22(32-31-16)29-21-14-23(34-10-8-33(2)9-11-34)30-20(28-21)13-17-6-7-35(15-17)25(36)24-18(26)4-3-5-19(24)27/h3-5,12,14,17H,6-11,13,15H2,1-2H3,(H2,28,29,30,31,32)/t17-/m1/s1.